The van der Waals surface area contributed by atoms with Crippen molar-refractivity contribution < 1.29 is 4.79 Å². The Morgan fingerprint density at radius 2 is 1.74 bits per heavy atom. The Bertz CT molecular complexity index is 338. The summed E-state index contributed by atoms with van der Waals surface area (Å²) in [4.78, 5) is 12.2. The lowest BCUT2D eigenvalue weighted by Crippen LogP contribution is -2.51. The van der Waals surface area contributed by atoms with E-state index in [1.165, 1.54) is 38.5 Å². The molecule has 5 aliphatic rings. The molecule has 2 N–H and O–H groups in total. The molecule has 0 aromatic carbocycles. The van der Waals surface area contributed by atoms with Gasteiger partial charge in [0, 0.05) is 13.1 Å². The van der Waals surface area contributed by atoms with E-state index < -0.39 is 0 Å². The molecule has 0 aromatic rings. The van der Waals surface area contributed by atoms with Crippen molar-refractivity contribution in [3.8, 4) is 0 Å². The average Bonchev–Trinajstić information content (AvgIpc) is 2.88. The van der Waals surface area contributed by atoms with Crippen molar-refractivity contribution in [2.75, 3.05) is 19.6 Å². The Balaban J connectivity index is 1.38. The Morgan fingerprint density at radius 3 is 2.26 bits per heavy atom. The Hall–Kier alpha value is -0.570. The maximum absolute atomic E-state index is 12.2. The van der Waals surface area contributed by atoms with Gasteiger partial charge in [-0.15, -0.1) is 0 Å². The van der Waals surface area contributed by atoms with Gasteiger partial charge in [0.25, 0.3) is 0 Å². The molecule has 1 atom stereocenters. The van der Waals surface area contributed by atoms with Gasteiger partial charge in [-0.05, 0) is 74.7 Å². The number of carbonyl (C=O) groups is 1. The number of hydrogen-bond donors (Lipinski definition) is 2. The summed E-state index contributed by atoms with van der Waals surface area (Å²) < 4.78 is 0. The molecule has 5 fully saturated rings. The predicted molar refractivity (Wildman–Crippen MR) is 74.6 cm³/mol. The molecule has 1 unspecified atom stereocenters. The molecule has 0 radical (unpaired) electrons. The summed E-state index contributed by atoms with van der Waals surface area (Å²) in [5.41, 5.74) is 0.483. The average molecular weight is 262 g/mol. The molecule has 106 valence electrons. The second kappa shape index (κ2) is 4.47. The van der Waals surface area contributed by atoms with Crippen molar-refractivity contribution in [3.63, 3.8) is 0 Å². The van der Waals surface area contributed by atoms with Gasteiger partial charge >= 0.3 is 0 Å². The standard InChI is InChI=1S/C16H26N2O/c19-15(14-1-2-17-9-14)18-10-16-6-11-3-12(7-16)5-13(4-11)8-16/h11-14,17H,1-10H2,(H,18,19). The van der Waals surface area contributed by atoms with Crippen LogP contribution in [0.5, 0.6) is 0 Å². The summed E-state index contributed by atoms with van der Waals surface area (Å²) >= 11 is 0. The highest BCUT2D eigenvalue weighted by Crippen LogP contribution is 2.59. The molecule has 1 aliphatic heterocycles. The van der Waals surface area contributed by atoms with Crippen LogP contribution in [0.2, 0.25) is 0 Å². The second-order valence-corrected chi connectivity index (χ2v) is 7.83. The van der Waals surface area contributed by atoms with Crippen LogP contribution >= 0.6 is 0 Å². The van der Waals surface area contributed by atoms with Gasteiger partial charge in [-0.25, -0.2) is 0 Å². The van der Waals surface area contributed by atoms with E-state index in [0.29, 0.717) is 11.3 Å². The van der Waals surface area contributed by atoms with Crippen LogP contribution in [0.3, 0.4) is 0 Å². The highest BCUT2D eigenvalue weighted by Gasteiger charge is 2.50. The normalized spacial score (nSPS) is 47.6. The van der Waals surface area contributed by atoms with Crippen LogP contribution in [0.15, 0.2) is 0 Å². The van der Waals surface area contributed by atoms with Crippen molar-refractivity contribution in [2.24, 2.45) is 29.1 Å². The fraction of sp³-hybridized carbons (Fsp3) is 0.938. The summed E-state index contributed by atoms with van der Waals surface area (Å²) in [7, 11) is 0. The molecule has 5 rings (SSSR count). The lowest BCUT2D eigenvalue weighted by Gasteiger charge is -2.57. The maximum Gasteiger partial charge on any atom is 0.224 e. The van der Waals surface area contributed by atoms with Gasteiger partial charge in [0.15, 0.2) is 0 Å². The Kier molecular flexibility index (Phi) is 2.87. The van der Waals surface area contributed by atoms with Crippen molar-refractivity contribution in [1.82, 2.24) is 10.6 Å². The molecule has 19 heavy (non-hydrogen) atoms. The molecular weight excluding hydrogens is 236 g/mol. The van der Waals surface area contributed by atoms with Crippen LogP contribution in [0.25, 0.3) is 0 Å². The van der Waals surface area contributed by atoms with Gasteiger partial charge < -0.3 is 10.6 Å². The zero-order chi connectivity index (χ0) is 12.9. The fourth-order valence-corrected chi connectivity index (χ4v) is 5.80. The first-order valence-electron chi connectivity index (χ1n) is 8.21. The van der Waals surface area contributed by atoms with E-state index in [2.05, 4.69) is 10.6 Å². The monoisotopic (exact) mass is 262 g/mol. The minimum Gasteiger partial charge on any atom is -0.355 e. The molecule has 1 amide bonds. The van der Waals surface area contributed by atoms with Crippen LogP contribution in [-0.2, 0) is 4.79 Å². The largest absolute Gasteiger partial charge is 0.355 e. The van der Waals surface area contributed by atoms with Gasteiger partial charge in [-0.2, -0.15) is 0 Å². The second-order valence-electron chi connectivity index (χ2n) is 7.83. The highest BCUT2D eigenvalue weighted by molar-refractivity contribution is 5.79. The summed E-state index contributed by atoms with van der Waals surface area (Å²) in [5, 5.41) is 6.59. The summed E-state index contributed by atoms with van der Waals surface area (Å²) in [5.74, 6) is 3.48. The molecule has 1 heterocycles. The third-order valence-electron chi connectivity index (χ3n) is 6.23. The maximum atomic E-state index is 12.2. The van der Waals surface area contributed by atoms with E-state index >= 15 is 0 Å². The van der Waals surface area contributed by atoms with Crippen LogP contribution in [-0.4, -0.2) is 25.5 Å². The number of nitrogens with one attached hydrogen (secondary N) is 2. The van der Waals surface area contributed by atoms with E-state index in [1.807, 2.05) is 0 Å². The van der Waals surface area contributed by atoms with E-state index in [4.69, 9.17) is 0 Å². The summed E-state index contributed by atoms with van der Waals surface area (Å²) in [6, 6.07) is 0. The molecule has 3 heteroatoms. The van der Waals surface area contributed by atoms with Crippen LogP contribution in [0, 0.1) is 29.1 Å². The zero-order valence-corrected chi connectivity index (χ0v) is 11.8. The predicted octanol–water partition coefficient (Wildman–Crippen LogP) is 1.93. The highest BCUT2D eigenvalue weighted by atomic mass is 16.1. The van der Waals surface area contributed by atoms with Crippen molar-refractivity contribution in [1.29, 1.82) is 0 Å². The number of hydrogen-bond acceptors (Lipinski definition) is 2. The molecule has 0 spiro atoms. The third kappa shape index (κ3) is 2.20. The Labute approximate surface area is 115 Å². The van der Waals surface area contributed by atoms with Gasteiger partial charge in [0.05, 0.1) is 5.92 Å². The first-order chi connectivity index (χ1) is 9.22. The SMILES string of the molecule is O=C(NCC12CC3CC(CC(C3)C1)C2)C1CCNC1. The number of rotatable bonds is 3. The molecule has 4 bridgehead atoms. The topological polar surface area (TPSA) is 41.1 Å². The molecule has 3 nitrogen and oxygen atoms in total. The minimum atomic E-state index is 0.230. The van der Waals surface area contributed by atoms with E-state index in [-0.39, 0.29) is 5.92 Å². The Morgan fingerprint density at radius 1 is 1.11 bits per heavy atom. The van der Waals surface area contributed by atoms with E-state index in [9.17, 15) is 4.79 Å². The molecule has 4 aliphatic carbocycles. The van der Waals surface area contributed by atoms with Gasteiger partial charge in [-0.3, -0.25) is 4.79 Å². The van der Waals surface area contributed by atoms with E-state index in [1.54, 1.807) is 0 Å². The van der Waals surface area contributed by atoms with Gasteiger partial charge in [0.2, 0.25) is 5.91 Å². The smallest absolute Gasteiger partial charge is 0.224 e. The van der Waals surface area contributed by atoms with Crippen LogP contribution < -0.4 is 10.6 Å². The van der Waals surface area contributed by atoms with Crippen molar-refractivity contribution in [2.45, 2.75) is 44.9 Å². The number of carbonyl (C=O) groups excluding carboxylic acids is 1. The van der Waals surface area contributed by atoms with Crippen LogP contribution in [0.1, 0.15) is 44.9 Å². The van der Waals surface area contributed by atoms with Gasteiger partial charge in [0.1, 0.15) is 0 Å². The minimum absolute atomic E-state index is 0.230. The van der Waals surface area contributed by atoms with Gasteiger partial charge in [-0.1, -0.05) is 0 Å². The van der Waals surface area contributed by atoms with E-state index in [0.717, 1.165) is 43.8 Å². The summed E-state index contributed by atoms with van der Waals surface area (Å²) in [6.07, 6.45) is 9.65. The zero-order valence-electron chi connectivity index (χ0n) is 11.8. The van der Waals surface area contributed by atoms with Crippen molar-refractivity contribution in [3.05, 3.63) is 0 Å². The molecule has 4 saturated carbocycles. The lowest BCUT2D eigenvalue weighted by molar-refractivity contribution is -0.126. The van der Waals surface area contributed by atoms with Crippen LogP contribution in [0.4, 0.5) is 0 Å². The first kappa shape index (κ1) is 12.2. The number of amides is 1. The van der Waals surface area contributed by atoms with Crippen molar-refractivity contribution >= 4 is 5.91 Å². The summed E-state index contributed by atoms with van der Waals surface area (Å²) in [6.45, 7) is 2.86. The molecule has 0 aromatic heterocycles. The fourth-order valence-electron chi connectivity index (χ4n) is 5.80. The lowest BCUT2D eigenvalue weighted by atomic mass is 9.49. The molecule has 1 saturated heterocycles. The first-order valence-corrected chi connectivity index (χ1v) is 8.21. The molecular formula is C16H26N2O. The quantitative estimate of drug-likeness (QED) is 0.816. The third-order valence-corrected chi connectivity index (χ3v) is 6.23.